The molecular formula is C14H14N2O2S2. The fraction of sp³-hybridized carbons (Fsp3) is 0.214. The molecule has 0 bridgehead atoms. The Kier molecular flexibility index (Phi) is 4.57. The molecule has 2 rings (SSSR count). The van der Waals surface area contributed by atoms with Crippen molar-refractivity contribution in [3.63, 3.8) is 0 Å². The van der Waals surface area contributed by atoms with Crippen molar-refractivity contribution in [2.75, 3.05) is 13.6 Å². The standard InChI is InChI=1S/C14H14N2O2S2/c1-3-15-12(17)10-6-4-9(5-7-10)8-11-13(18)16(2)14(19)20-11/h4-8H,3H2,1-2H3,(H,15,17)/b11-8-. The van der Waals surface area contributed by atoms with Gasteiger partial charge in [0.05, 0.1) is 4.91 Å². The Morgan fingerprint density at radius 1 is 1.40 bits per heavy atom. The molecule has 0 aromatic heterocycles. The number of hydrogen-bond acceptors (Lipinski definition) is 4. The molecule has 0 spiro atoms. The van der Waals surface area contributed by atoms with Crippen LogP contribution in [0.1, 0.15) is 22.8 Å². The molecule has 104 valence electrons. The van der Waals surface area contributed by atoms with Crippen molar-refractivity contribution in [1.29, 1.82) is 0 Å². The van der Waals surface area contributed by atoms with Crippen LogP contribution >= 0.6 is 24.0 Å². The van der Waals surface area contributed by atoms with Crippen molar-refractivity contribution in [3.8, 4) is 0 Å². The lowest BCUT2D eigenvalue weighted by Gasteiger charge is -2.04. The number of carbonyl (C=O) groups is 2. The molecule has 0 unspecified atom stereocenters. The summed E-state index contributed by atoms with van der Waals surface area (Å²) in [6.45, 7) is 2.47. The van der Waals surface area contributed by atoms with Crippen LogP contribution in [0.5, 0.6) is 0 Å². The van der Waals surface area contributed by atoms with Crippen molar-refractivity contribution < 1.29 is 9.59 Å². The molecule has 0 atom stereocenters. The zero-order valence-electron chi connectivity index (χ0n) is 11.2. The van der Waals surface area contributed by atoms with Crippen LogP contribution in [0.15, 0.2) is 29.2 Å². The van der Waals surface area contributed by atoms with E-state index in [2.05, 4.69) is 5.32 Å². The Morgan fingerprint density at radius 2 is 2.05 bits per heavy atom. The van der Waals surface area contributed by atoms with E-state index in [0.717, 1.165) is 5.56 Å². The minimum atomic E-state index is -0.0982. The first-order valence-electron chi connectivity index (χ1n) is 6.12. The first-order valence-corrected chi connectivity index (χ1v) is 7.35. The van der Waals surface area contributed by atoms with Gasteiger partial charge in [-0.1, -0.05) is 36.1 Å². The van der Waals surface area contributed by atoms with Gasteiger partial charge in [-0.05, 0) is 30.7 Å². The van der Waals surface area contributed by atoms with Crippen molar-refractivity contribution in [3.05, 3.63) is 40.3 Å². The zero-order chi connectivity index (χ0) is 14.7. The number of nitrogens with zero attached hydrogens (tertiary/aromatic N) is 1. The maximum absolute atomic E-state index is 11.9. The van der Waals surface area contributed by atoms with Gasteiger partial charge in [0.2, 0.25) is 0 Å². The maximum Gasteiger partial charge on any atom is 0.265 e. The summed E-state index contributed by atoms with van der Waals surface area (Å²) >= 11 is 6.36. The van der Waals surface area contributed by atoms with Crippen LogP contribution in [0.3, 0.4) is 0 Å². The molecule has 4 nitrogen and oxygen atoms in total. The molecular weight excluding hydrogens is 292 g/mol. The van der Waals surface area contributed by atoms with Gasteiger partial charge < -0.3 is 5.32 Å². The van der Waals surface area contributed by atoms with Gasteiger partial charge in [0.1, 0.15) is 4.32 Å². The normalized spacial score (nSPS) is 16.9. The molecule has 1 N–H and O–H groups in total. The number of rotatable bonds is 3. The number of amides is 2. The first kappa shape index (κ1) is 14.7. The van der Waals surface area contributed by atoms with E-state index in [1.807, 2.05) is 19.1 Å². The number of nitrogens with one attached hydrogen (secondary N) is 1. The molecule has 0 saturated carbocycles. The molecule has 2 amide bonds. The van der Waals surface area contributed by atoms with Crippen LogP contribution in [0.2, 0.25) is 0 Å². The summed E-state index contributed by atoms with van der Waals surface area (Å²) in [5.74, 6) is -0.188. The second kappa shape index (κ2) is 6.19. The van der Waals surface area contributed by atoms with E-state index in [1.165, 1.54) is 16.7 Å². The average Bonchev–Trinajstić information content (AvgIpc) is 2.67. The highest BCUT2D eigenvalue weighted by Crippen LogP contribution is 2.31. The van der Waals surface area contributed by atoms with E-state index >= 15 is 0 Å². The van der Waals surface area contributed by atoms with E-state index < -0.39 is 0 Å². The fourth-order valence-corrected chi connectivity index (χ4v) is 2.87. The van der Waals surface area contributed by atoms with Crippen molar-refractivity contribution >= 4 is 46.2 Å². The summed E-state index contributed by atoms with van der Waals surface area (Å²) in [4.78, 5) is 25.5. The molecule has 20 heavy (non-hydrogen) atoms. The Balaban J connectivity index is 2.17. The second-order valence-corrected chi connectivity index (χ2v) is 5.90. The minimum absolute atomic E-state index is 0.0900. The summed E-state index contributed by atoms with van der Waals surface area (Å²) in [7, 11) is 1.66. The minimum Gasteiger partial charge on any atom is -0.352 e. The largest absolute Gasteiger partial charge is 0.352 e. The van der Waals surface area contributed by atoms with Gasteiger partial charge in [0, 0.05) is 19.2 Å². The van der Waals surface area contributed by atoms with Crippen LogP contribution in [0, 0.1) is 0 Å². The highest BCUT2D eigenvalue weighted by molar-refractivity contribution is 8.26. The van der Waals surface area contributed by atoms with Crippen LogP contribution < -0.4 is 5.32 Å². The molecule has 1 aromatic carbocycles. The van der Waals surface area contributed by atoms with Gasteiger partial charge in [-0.15, -0.1) is 0 Å². The molecule has 1 fully saturated rings. The third kappa shape index (κ3) is 3.08. The lowest BCUT2D eigenvalue weighted by molar-refractivity contribution is -0.121. The van der Waals surface area contributed by atoms with E-state index in [-0.39, 0.29) is 11.8 Å². The summed E-state index contributed by atoms with van der Waals surface area (Å²) in [6, 6.07) is 7.10. The second-order valence-electron chi connectivity index (χ2n) is 4.22. The van der Waals surface area contributed by atoms with Gasteiger partial charge in [0.15, 0.2) is 0 Å². The van der Waals surface area contributed by atoms with Gasteiger partial charge >= 0.3 is 0 Å². The first-order chi connectivity index (χ1) is 9.52. The molecule has 1 aliphatic rings. The van der Waals surface area contributed by atoms with E-state index in [4.69, 9.17) is 12.2 Å². The van der Waals surface area contributed by atoms with Gasteiger partial charge in [0.25, 0.3) is 11.8 Å². The van der Waals surface area contributed by atoms with E-state index in [9.17, 15) is 9.59 Å². The Bertz CT molecular complexity index is 594. The number of carbonyl (C=O) groups excluding carboxylic acids is 2. The smallest absolute Gasteiger partial charge is 0.265 e. The lowest BCUT2D eigenvalue weighted by atomic mass is 10.1. The number of thiocarbonyl (C=S) groups is 1. The maximum atomic E-state index is 11.9. The number of thioether (sulfide) groups is 1. The lowest BCUT2D eigenvalue weighted by Crippen LogP contribution is -2.22. The van der Waals surface area contributed by atoms with Crippen LogP contribution in [0.4, 0.5) is 0 Å². The van der Waals surface area contributed by atoms with Crippen molar-refractivity contribution in [1.82, 2.24) is 10.2 Å². The zero-order valence-corrected chi connectivity index (χ0v) is 12.8. The summed E-state index contributed by atoms with van der Waals surface area (Å²) in [5, 5.41) is 2.74. The van der Waals surface area contributed by atoms with Crippen LogP contribution in [-0.2, 0) is 4.79 Å². The van der Waals surface area contributed by atoms with E-state index in [1.54, 1.807) is 25.3 Å². The Hall–Kier alpha value is -1.66. The van der Waals surface area contributed by atoms with E-state index in [0.29, 0.717) is 21.3 Å². The average molecular weight is 306 g/mol. The number of hydrogen-bond donors (Lipinski definition) is 1. The van der Waals surface area contributed by atoms with Crippen LogP contribution in [-0.4, -0.2) is 34.6 Å². The quantitative estimate of drug-likeness (QED) is 0.687. The molecule has 6 heteroatoms. The molecule has 0 radical (unpaired) electrons. The number of likely N-dealkylation sites (N-methyl/N-ethyl adjacent to an activating group) is 1. The topological polar surface area (TPSA) is 49.4 Å². The molecule has 1 aromatic rings. The third-order valence-electron chi connectivity index (χ3n) is 2.79. The van der Waals surface area contributed by atoms with Gasteiger partial charge in [-0.25, -0.2) is 0 Å². The summed E-state index contributed by atoms with van der Waals surface area (Å²) in [5.41, 5.74) is 1.47. The third-order valence-corrected chi connectivity index (χ3v) is 4.28. The van der Waals surface area contributed by atoms with Gasteiger partial charge in [-0.3, -0.25) is 14.5 Å². The van der Waals surface area contributed by atoms with Crippen molar-refractivity contribution in [2.24, 2.45) is 0 Å². The Labute approximate surface area is 127 Å². The predicted molar refractivity (Wildman–Crippen MR) is 85.4 cm³/mol. The number of benzene rings is 1. The summed E-state index contributed by atoms with van der Waals surface area (Å²) in [6.07, 6.45) is 1.78. The molecule has 1 saturated heterocycles. The molecule has 1 heterocycles. The SMILES string of the molecule is CCNC(=O)c1ccc(/C=C2\SC(=S)N(C)C2=O)cc1. The summed E-state index contributed by atoms with van der Waals surface area (Å²) < 4.78 is 0.556. The molecule has 0 aliphatic carbocycles. The highest BCUT2D eigenvalue weighted by atomic mass is 32.2. The monoisotopic (exact) mass is 306 g/mol. The predicted octanol–water partition coefficient (Wildman–Crippen LogP) is 2.27. The van der Waals surface area contributed by atoms with Crippen molar-refractivity contribution in [2.45, 2.75) is 6.92 Å². The Morgan fingerprint density at radius 3 is 2.55 bits per heavy atom. The van der Waals surface area contributed by atoms with Crippen LogP contribution in [0.25, 0.3) is 6.08 Å². The van der Waals surface area contributed by atoms with Gasteiger partial charge in [-0.2, -0.15) is 0 Å². The molecule has 1 aliphatic heterocycles. The fourth-order valence-electron chi connectivity index (χ4n) is 1.69. The highest BCUT2D eigenvalue weighted by Gasteiger charge is 2.28.